The average molecular weight is 343 g/mol. The third kappa shape index (κ3) is 4.15. The van der Waals surface area contributed by atoms with Crippen molar-refractivity contribution in [1.29, 1.82) is 0 Å². The zero-order valence-electron chi connectivity index (χ0n) is 14.8. The topological polar surface area (TPSA) is 83.9 Å². The van der Waals surface area contributed by atoms with Crippen molar-refractivity contribution in [2.75, 3.05) is 13.1 Å². The maximum Gasteiger partial charge on any atom is 0.345 e. The number of H-pyrrole nitrogens is 1. The van der Waals surface area contributed by atoms with Crippen LogP contribution >= 0.6 is 0 Å². The van der Waals surface area contributed by atoms with Crippen LogP contribution < -0.4 is 5.69 Å². The number of amides is 1. The number of carbonyl (C=O) groups excluding carboxylic acids is 1. The summed E-state index contributed by atoms with van der Waals surface area (Å²) in [6.45, 7) is 6.29. The van der Waals surface area contributed by atoms with Crippen molar-refractivity contribution in [2.45, 2.75) is 51.5 Å². The molecule has 3 rings (SSSR count). The van der Waals surface area contributed by atoms with Gasteiger partial charge in [0.2, 0.25) is 5.91 Å². The van der Waals surface area contributed by atoms with E-state index in [1.807, 2.05) is 17.2 Å². The number of hydrogen-bond donors (Lipinski definition) is 1. The molecule has 0 saturated carbocycles. The highest BCUT2D eigenvalue weighted by atomic mass is 16.2. The summed E-state index contributed by atoms with van der Waals surface area (Å²) in [6, 6.07) is 1.83. The molecule has 0 spiro atoms. The third-order valence-corrected chi connectivity index (χ3v) is 4.74. The van der Waals surface area contributed by atoms with E-state index in [0.717, 1.165) is 30.9 Å². The molecule has 1 aliphatic rings. The van der Waals surface area contributed by atoms with Gasteiger partial charge in [0.05, 0.1) is 0 Å². The van der Waals surface area contributed by atoms with Gasteiger partial charge in [-0.1, -0.05) is 13.8 Å². The normalized spacial score (nSPS) is 17.9. The molecule has 1 fully saturated rings. The van der Waals surface area contributed by atoms with E-state index in [9.17, 15) is 9.59 Å². The Kier molecular flexibility index (Phi) is 5.31. The predicted octanol–water partition coefficient (Wildman–Crippen LogP) is 1.89. The van der Waals surface area contributed by atoms with E-state index in [1.54, 1.807) is 6.20 Å². The molecule has 1 saturated heterocycles. The van der Waals surface area contributed by atoms with E-state index in [1.165, 1.54) is 6.20 Å². The standard InChI is InChI=1S/C18H25N5O2/c1-13(2)17-19-8-11-22(17)10-6-16(24)23-9-3-4-14(12-23)15-5-7-20-18(25)21-15/h5,7-8,11,13-14H,3-4,6,9-10,12H2,1-2H3,(H,20,21,25)/t14-/m0/s1. The Balaban J connectivity index is 1.60. The van der Waals surface area contributed by atoms with Crippen LogP contribution in [0.25, 0.3) is 0 Å². The van der Waals surface area contributed by atoms with E-state index in [0.29, 0.717) is 25.4 Å². The molecule has 0 aromatic carbocycles. The fourth-order valence-electron chi connectivity index (χ4n) is 3.46. The van der Waals surface area contributed by atoms with Crippen molar-refractivity contribution in [1.82, 2.24) is 24.4 Å². The van der Waals surface area contributed by atoms with E-state index in [4.69, 9.17) is 0 Å². The second-order valence-electron chi connectivity index (χ2n) is 6.89. The molecule has 7 nitrogen and oxygen atoms in total. The van der Waals surface area contributed by atoms with Gasteiger partial charge in [-0.3, -0.25) is 4.79 Å². The number of carbonyl (C=O) groups is 1. The molecular weight excluding hydrogens is 318 g/mol. The number of imidazole rings is 1. The van der Waals surface area contributed by atoms with Crippen LogP contribution in [0.2, 0.25) is 0 Å². The van der Waals surface area contributed by atoms with Gasteiger partial charge < -0.3 is 14.5 Å². The summed E-state index contributed by atoms with van der Waals surface area (Å²) in [5.74, 6) is 1.68. The number of nitrogens with one attached hydrogen (secondary N) is 1. The molecule has 0 aliphatic carbocycles. The van der Waals surface area contributed by atoms with E-state index < -0.39 is 0 Å². The van der Waals surface area contributed by atoms with Crippen LogP contribution in [0.3, 0.4) is 0 Å². The number of hydrogen-bond acceptors (Lipinski definition) is 4. The van der Waals surface area contributed by atoms with Crippen LogP contribution in [0.5, 0.6) is 0 Å². The number of aromatic amines is 1. The monoisotopic (exact) mass is 343 g/mol. The van der Waals surface area contributed by atoms with Crippen molar-refractivity contribution >= 4 is 5.91 Å². The Hall–Kier alpha value is -2.44. The summed E-state index contributed by atoms with van der Waals surface area (Å²) >= 11 is 0. The molecule has 2 aromatic heterocycles. The molecule has 7 heteroatoms. The lowest BCUT2D eigenvalue weighted by atomic mass is 9.94. The van der Waals surface area contributed by atoms with Gasteiger partial charge in [0, 0.05) is 62.2 Å². The van der Waals surface area contributed by atoms with Gasteiger partial charge in [-0.15, -0.1) is 0 Å². The van der Waals surface area contributed by atoms with Crippen molar-refractivity contribution in [3.63, 3.8) is 0 Å². The van der Waals surface area contributed by atoms with Crippen molar-refractivity contribution in [3.05, 3.63) is 46.7 Å². The Morgan fingerprint density at radius 3 is 2.96 bits per heavy atom. The van der Waals surface area contributed by atoms with Crippen LogP contribution in [0.4, 0.5) is 0 Å². The molecule has 0 unspecified atom stereocenters. The fourth-order valence-corrected chi connectivity index (χ4v) is 3.46. The number of aryl methyl sites for hydroxylation is 1. The highest BCUT2D eigenvalue weighted by molar-refractivity contribution is 5.76. The van der Waals surface area contributed by atoms with Crippen LogP contribution in [-0.4, -0.2) is 43.4 Å². The van der Waals surface area contributed by atoms with Gasteiger partial charge in [-0.05, 0) is 18.9 Å². The molecule has 1 amide bonds. The molecule has 134 valence electrons. The second-order valence-corrected chi connectivity index (χ2v) is 6.89. The molecule has 1 N–H and O–H groups in total. The highest BCUT2D eigenvalue weighted by Gasteiger charge is 2.25. The van der Waals surface area contributed by atoms with Crippen LogP contribution in [0.15, 0.2) is 29.5 Å². The first kappa shape index (κ1) is 17.4. The minimum absolute atomic E-state index is 0.157. The third-order valence-electron chi connectivity index (χ3n) is 4.74. The van der Waals surface area contributed by atoms with Crippen LogP contribution in [0, 0.1) is 0 Å². The van der Waals surface area contributed by atoms with Crippen molar-refractivity contribution < 1.29 is 4.79 Å². The SMILES string of the molecule is CC(C)c1nccn1CCC(=O)N1CCC[C@H](c2ccnc(=O)[nH]2)C1. The molecule has 0 bridgehead atoms. The van der Waals surface area contributed by atoms with E-state index in [-0.39, 0.29) is 17.5 Å². The summed E-state index contributed by atoms with van der Waals surface area (Å²) < 4.78 is 2.06. The second kappa shape index (κ2) is 7.63. The molecule has 1 atom stereocenters. The van der Waals surface area contributed by atoms with E-state index in [2.05, 4.69) is 33.4 Å². The van der Waals surface area contributed by atoms with Gasteiger partial charge in [-0.25, -0.2) is 14.8 Å². The number of piperidine rings is 1. The van der Waals surface area contributed by atoms with Gasteiger partial charge in [0.25, 0.3) is 0 Å². The van der Waals surface area contributed by atoms with Crippen LogP contribution in [0.1, 0.15) is 56.5 Å². The molecular formula is C18H25N5O2. The fraction of sp³-hybridized carbons (Fsp3) is 0.556. The Labute approximate surface area is 147 Å². The molecule has 25 heavy (non-hydrogen) atoms. The maximum atomic E-state index is 12.6. The van der Waals surface area contributed by atoms with Gasteiger partial charge in [0.1, 0.15) is 5.82 Å². The van der Waals surface area contributed by atoms with Crippen LogP contribution in [-0.2, 0) is 11.3 Å². The molecule has 1 aliphatic heterocycles. The average Bonchev–Trinajstić information content (AvgIpc) is 3.09. The summed E-state index contributed by atoms with van der Waals surface area (Å²) in [5.41, 5.74) is 0.538. The number of rotatable bonds is 5. The van der Waals surface area contributed by atoms with Gasteiger partial charge >= 0.3 is 5.69 Å². The first-order valence-corrected chi connectivity index (χ1v) is 8.88. The van der Waals surface area contributed by atoms with Crippen molar-refractivity contribution in [2.24, 2.45) is 0 Å². The predicted molar refractivity (Wildman–Crippen MR) is 94.3 cm³/mol. The number of aromatic nitrogens is 4. The molecule has 0 radical (unpaired) electrons. The molecule has 2 aromatic rings. The lowest BCUT2D eigenvalue weighted by Crippen LogP contribution is -2.40. The largest absolute Gasteiger partial charge is 0.345 e. The Morgan fingerprint density at radius 2 is 2.20 bits per heavy atom. The summed E-state index contributed by atoms with van der Waals surface area (Å²) in [7, 11) is 0. The maximum absolute atomic E-state index is 12.6. The van der Waals surface area contributed by atoms with E-state index >= 15 is 0 Å². The summed E-state index contributed by atoms with van der Waals surface area (Å²) in [5, 5.41) is 0. The summed E-state index contributed by atoms with van der Waals surface area (Å²) in [6.07, 6.45) is 7.64. The zero-order valence-corrected chi connectivity index (χ0v) is 14.8. The minimum atomic E-state index is -0.331. The Bertz CT molecular complexity index is 780. The highest BCUT2D eigenvalue weighted by Crippen LogP contribution is 2.25. The lowest BCUT2D eigenvalue weighted by molar-refractivity contribution is -0.132. The van der Waals surface area contributed by atoms with Gasteiger partial charge in [0.15, 0.2) is 0 Å². The smallest absolute Gasteiger partial charge is 0.342 e. The first-order valence-electron chi connectivity index (χ1n) is 8.88. The number of nitrogens with zero attached hydrogens (tertiary/aromatic N) is 4. The van der Waals surface area contributed by atoms with Crippen molar-refractivity contribution in [3.8, 4) is 0 Å². The number of likely N-dealkylation sites (tertiary alicyclic amines) is 1. The summed E-state index contributed by atoms with van der Waals surface area (Å²) in [4.78, 5) is 36.8. The van der Waals surface area contributed by atoms with Gasteiger partial charge in [-0.2, -0.15) is 0 Å². The minimum Gasteiger partial charge on any atom is -0.342 e. The lowest BCUT2D eigenvalue weighted by Gasteiger charge is -2.32. The Morgan fingerprint density at radius 1 is 1.36 bits per heavy atom. The quantitative estimate of drug-likeness (QED) is 0.898. The first-order chi connectivity index (χ1) is 12.0. The zero-order chi connectivity index (χ0) is 17.8. The molecule has 3 heterocycles.